The quantitative estimate of drug-likeness (QED) is 0.373. The Bertz CT molecular complexity index is 701. The minimum atomic E-state index is 0.279. The standard InChI is InChI=1S/C17H22IN5O/c1-11-10-13(8-9-14(11)24)20-17-22-15(18)21-16(23-17)19-12-6-4-2-3-5-7-12/h8-10,12,24H,2-7H2,1H3,(H2,19,20,21,22,23). The third kappa shape index (κ3) is 4.68. The molecular weight excluding hydrogens is 417 g/mol. The van der Waals surface area contributed by atoms with Gasteiger partial charge in [0.15, 0.2) is 3.83 Å². The Morgan fingerprint density at radius 3 is 2.46 bits per heavy atom. The molecule has 1 saturated carbocycles. The Labute approximate surface area is 155 Å². The first-order chi connectivity index (χ1) is 11.6. The molecule has 6 nitrogen and oxygen atoms in total. The van der Waals surface area contributed by atoms with Gasteiger partial charge in [0, 0.05) is 34.3 Å². The van der Waals surface area contributed by atoms with Crippen molar-refractivity contribution in [1.29, 1.82) is 0 Å². The molecule has 0 radical (unpaired) electrons. The number of hydrogen-bond donors (Lipinski definition) is 3. The molecule has 0 amide bonds. The number of nitrogens with one attached hydrogen (secondary N) is 2. The van der Waals surface area contributed by atoms with E-state index in [1.54, 1.807) is 12.1 Å². The van der Waals surface area contributed by atoms with Gasteiger partial charge in [0.25, 0.3) is 0 Å². The summed E-state index contributed by atoms with van der Waals surface area (Å²) in [7, 11) is 0. The fraction of sp³-hybridized carbons (Fsp3) is 0.471. The zero-order valence-corrected chi connectivity index (χ0v) is 15.9. The first-order valence-corrected chi connectivity index (χ1v) is 9.43. The lowest BCUT2D eigenvalue weighted by Gasteiger charge is -2.16. The average molecular weight is 439 g/mol. The molecule has 1 heterocycles. The van der Waals surface area contributed by atoms with Gasteiger partial charge in [-0.1, -0.05) is 25.7 Å². The number of aromatic nitrogens is 3. The van der Waals surface area contributed by atoms with Gasteiger partial charge in [-0.25, -0.2) is 0 Å². The predicted octanol–water partition coefficient (Wildman–Crippen LogP) is 4.37. The van der Waals surface area contributed by atoms with Gasteiger partial charge in [0.2, 0.25) is 11.9 Å². The SMILES string of the molecule is Cc1cc(Nc2nc(I)nc(NC3CCCCCC3)n2)ccc1O. The lowest BCUT2D eigenvalue weighted by molar-refractivity contribution is 0.471. The van der Waals surface area contributed by atoms with Crippen LogP contribution in [0, 0.1) is 10.8 Å². The second-order valence-electron chi connectivity index (χ2n) is 6.21. The van der Waals surface area contributed by atoms with E-state index in [9.17, 15) is 5.11 Å². The van der Waals surface area contributed by atoms with E-state index in [0.29, 0.717) is 21.8 Å². The van der Waals surface area contributed by atoms with Gasteiger partial charge in [-0.15, -0.1) is 0 Å². The number of phenols is 1. The third-order valence-electron chi connectivity index (χ3n) is 4.25. The van der Waals surface area contributed by atoms with Gasteiger partial charge in [-0.2, -0.15) is 15.0 Å². The highest BCUT2D eigenvalue weighted by molar-refractivity contribution is 14.1. The maximum Gasteiger partial charge on any atom is 0.232 e. The van der Waals surface area contributed by atoms with Crippen molar-refractivity contribution in [2.24, 2.45) is 0 Å². The molecule has 0 spiro atoms. The molecule has 3 rings (SSSR count). The van der Waals surface area contributed by atoms with E-state index >= 15 is 0 Å². The van der Waals surface area contributed by atoms with Gasteiger partial charge >= 0.3 is 0 Å². The van der Waals surface area contributed by atoms with Crippen LogP contribution in [0.5, 0.6) is 5.75 Å². The van der Waals surface area contributed by atoms with Crippen molar-refractivity contribution < 1.29 is 5.11 Å². The summed E-state index contributed by atoms with van der Waals surface area (Å²) in [5, 5.41) is 16.3. The van der Waals surface area contributed by atoms with Crippen molar-refractivity contribution in [3.05, 3.63) is 27.6 Å². The molecule has 24 heavy (non-hydrogen) atoms. The Balaban J connectivity index is 1.74. The van der Waals surface area contributed by atoms with E-state index in [1.807, 2.05) is 13.0 Å². The second kappa shape index (κ2) is 7.96. The van der Waals surface area contributed by atoms with E-state index in [2.05, 4.69) is 48.2 Å². The third-order valence-corrected chi connectivity index (χ3v) is 4.73. The lowest BCUT2D eigenvalue weighted by atomic mass is 10.1. The number of aromatic hydroxyl groups is 1. The minimum Gasteiger partial charge on any atom is -0.508 e. The van der Waals surface area contributed by atoms with Crippen LogP contribution in [0.15, 0.2) is 18.2 Å². The largest absolute Gasteiger partial charge is 0.508 e. The van der Waals surface area contributed by atoms with Crippen molar-refractivity contribution >= 4 is 40.2 Å². The number of anilines is 3. The molecule has 0 saturated heterocycles. The van der Waals surface area contributed by atoms with E-state index in [1.165, 1.54) is 38.5 Å². The number of nitrogens with zero attached hydrogens (tertiary/aromatic N) is 3. The molecule has 128 valence electrons. The van der Waals surface area contributed by atoms with Crippen LogP contribution in [0.4, 0.5) is 17.6 Å². The molecular formula is C17H22IN5O. The molecule has 0 unspecified atom stereocenters. The number of phenolic OH excluding ortho intramolecular Hbond substituents is 1. The number of rotatable bonds is 4. The van der Waals surface area contributed by atoms with E-state index in [4.69, 9.17) is 0 Å². The highest BCUT2D eigenvalue weighted by Gasteiger charge is 2.14. The first-order valence-electron chi connectivity index (χ1n) is 8.35. The summed E-state index contributed by atoms with van der Waals surface area (Å²) in [6.07, 6.45) is 7.50. The van der Waals surface area contributed by atoms with Gasteiger partial charge in [0.05, 0.1) is 0 Å². The van der Waals surface area contributed by atoms with Crippen LogP contribution in [0.1, 0.15) is 44.1 Å². The molecule has 7 heteroatoms. The molecule has 1 fully saturated rings. The van der Waals surface area contributed by atoms with Crippen molar-refractivity contribution in [2.45, 2.75) is 51.5 Å². The monoisotopic (exact) mass is 439 g/mol. The van der Waals surface area contributed by atoms with Crippen LogP contribution in [0.2, 0.25) is 0 Å². The highest BCUT2D eigenvalue weighted by Crippen LogP contribution is 2.23. The van der Waals surface area contributed by atoms with Crippen LogP contribution in [-0.2, 0) is 0 Å². The van der Waals surface area contributed by atoms with Crippen LogP contribution < -0.4 is 10.6 Å². The molecule has 0 atom stereocenters. The zero-order valence-electron chi connectivity index (χ0n) is 13.7. The van der Waals surface area contributed by atoms with E-state index < -0.39 is 0 Å². The number of hydrogen-bond acceptors (Lipinski definition) is 6. The summed E-state index contributed by atoms with van der Waals surface area (Å²) in [5.74, 6) is 1.41. The number of halogens is 1. The molecule has 0 aliphatic heterocycles. The maximum absolute atomic E-state index is 9.62. The van der Waals surface area contributed by atoms with Crippen LogP contribution in [0.3, 0.4) is 0 Å². The van der Waals surface area contributed by atoms with E-state index in [-0.39, 0.29) is 5.75 Å². The van der Waals surface area contributed by atoms with E-state index in [0.717, 1.165) is 11.3 Å². The van der Waals surface area contributed by atoms with Crippen molar-refractivity contribution in [3.63, 3.8) is 0 Å². The van der Waals surface area contributed by atoms with Crippen molar-refractivity contribution in [3.8, 4) is 5.75 Å². The topological polar surface area (TPSA) is 83.0 Å². The summed E-state index contributed by atoms with van der Waals surface area (Å²) in [6.45, 7) is 1.86. The first kappa shape index (κ1) is 17.2. The Hall–Kier alpha value is -1.64. The van der Waals surface area contributed by atoms with Crippen molar-refractivity contribution in [1.82, 2.24) is 15.0 Å². The summed E-state index contributed by atoms with van der Waals surface area (Å²) < 4.78 is 0.650. The fourth-order valence-electron chi connectivity index (χ4n) is 2.94. The summed E-state index contributed by atoms with van der Waals surface area (Å²) in [4.78, 5) is 13.2. The molecule has 1 aliphatic rings. The molecule has 0 bridgehead atoms. The van der Waals surface area contributed by atoms with Gasteiger partial charge in [0.1, 0.15) is 5.75 Å². The molecule has 1 aliphatic carbocycles. The Kier molecular flexibility index (Phi) is 5.70. The fourth-order valence-corrected chi connectivity index (χ4v) is 3.40. The molecule has 2 aromatic rings. The Morgan fingerprint density at radius 1 is 1.04 bits per heavy atom. The van der Waals surface area contributed by atoms with Gasteiger partial charge < -0.3 is 15.7 Å². The summed E-state index contributed by atoms with van der Waals surface area (Å²) >= 11 is 2.11. The van der Waals surface area contributed by atoms with Crippen LogP contribution in [0.25, 0.3) is 0 Å². The number of aryl methyl sites for hydroxylation is 1. The molecule has 1 aromatic heterocycles. The zero-order chi connectivity index (χ0) is 16.9. The van der Waals surface area contributed by atoms with Crippen molar-refractivity contribution in [2.75, 3.05) is 10.6 Å². The highest BCUT2D eigenvalue weighted by atomic mass is 127. The molecule has 3 N–H and O–H groups in total. The average Bonchev–Trinajstić information content (AvgIpc) is 2.79. The summed E-state index contributed by atoms with van der Waals surface area (Å²) in [6, 6.07) is 5.77. The lowest BCUT2D eigenvalue weighted by Crippen LogP contribution is -2.20. The predicted molar refractivity (Wildman–Crippen MR) is 104 cm³/mol. The molecule has 1 aromatic carbocycles. The maximum atomic E-state index is 9.62. The smallest absolute Gasteiger partial charge is 0.232 e. The normalized spacial score (nSPS) is 15.8. The van der Waals surface area contributed by atoms with Gasteiger partial charge in [-0.3, -0.25) is 0 Å². The number of benzene rings is 1. The Morgan fingerprint density at radius 2 is 1.75 bits per heavy atom. The second-order valence-corrected chi connectivity index (χ2v) is 7.18. The summed E-state index contributed by atoms with van der Waals surface area (Å²) in [5.41, 5.74) is 1.65. The van der Waals surface area contributed by atoms with Crippen LogP contribution in [-0.4, -0.2) is 26.1 Å². The minimum absolute atomic E-state index is 0.279. The van der Waals surface area contributed by atoms with Gasteiger partial charge in [-0.05, 0) is 43.5 Å². The van der Waals surface area contributed by atoms with Crippen LogP contribution >= 0.6 is 22.6 Å².